The van der Waals surface area contributed by atoms with Crippen molar-refractivity contribution in [1.82, 2.24) is 5.32 Å². The minimum absolute atomic E-state index is 0.00556. The number of benzene rings is 2. The third kappa shape index (κ3) is 5.39. The molecule has 1 saturated heterocycles. The van der Waals surface area contributed by atoms with E-state index in [-0.39, 0.29) is 17.7 Å². The molecule has 1 fully saturated rings. The summed E-state index contributed by atoms with van der Waals surface area (Å²) in [6.07, 6.45) is 2.83. The lowest BCUT2D eigenvalue weighted by Gasteiger charge is -2.19. The van der Waals surface area contributed by atoms with Gasteiger partial charge in [-0.15, -0.1) is 0 Å². The van der Waals surface area contributed by atoms with Crippen LogP contribution in [0.5, 0.6) is 11.5 Å². The molecule has 1 aliphatic heterocycles. The van der Waals surface area contributed by atoms with Crippen LogP contribution in [0, 0.1) is 0 Å². The van der Waals surface area contributed by atoms with Crippen LogP contribution in [0.1, 0.15) is 31.7 Å². The fraction of sp³-hybridized carbons (Fsp3) is 0.409. The van der Waals surface area contributed by atoms with Gasteiger partial charge in [0.15, 0.2) is 11.5 Å². The third-order valence-electron chi connectivity index (χ3n) is 4.99. The maximum absolute atomic E-state index is 12.4. The quantitative estimate of drug-likeness (QED) is 0.651. The smallest absolute Gasteiger partial charge is 0.225 e. The molecule has 150 valence electrons. The highest BCUT2D eigenvalue weighted by atomic mass is 16.5. The Balaban J connectivity index is 1.48. The third-order valence-corrected chi connectivity index (χ3v) is 4.99. The van der Waals surface area contributed by atoms with Crippen molar-refractivity contribution in [3.63, 3.8) is 0 Å². The van der Waals surface area contributed by atoms with Crippen molar-refractivity contribution in [3.8, 4) is 11.5 Å². The predicted molar refractivity (Wildman–Crippen MR) is 112 cm³/mol. The van der Waals surface area contributed by atoms with Crippen LogP contribution >= 0.6 is 0 Å². The first-order valence-corrected chi connectivity index (χ1v) is 9.79. The molecule has 0 radical (unpaired) electrons. The number of methoxy groups -OCH3 is 1. The van der Waals surface area contributed by atoms with Crippen LogP contribution in [0.3, 0.4) is 0 Å². The largest absolute Gasteiger partial charge is 0.504 e. The number of nitrogens with one attached hydrogen (secondary N) is 2. The molecule has 0 bridgehead atoms. The lowest BCUT2D eigenvalue weighted by atomic mass is 10.1. The Bertz CT molecular complexity index is 803. The van der Waals surface area contributed by atoms with Crippen LogP contribution in [0.2, 0.25) is 0 Å². The normalized spacial score (nSPS) is 14.7. The number of phenols is 1. The molecule has 3 N–H and O–H groups in total. The monoisotopic (exact) mass is 383 g/mol. The molecule has 1 amide bonds. The Morgan fingerprint density at radius 2 is 2.00 bits per heavy atom. The zero-order chi connectivity index (χ0) is 19.9. The highest BCUT2D eigenvalue weighted by molar-refractivity contribution is 5.91. The summed E-state index contributed by atoms with van der Waals surface area (Å²) >= 11 is 0. The molecule has 1 heterocycles. The molecule has 0 spiro atoms. The Labute approximate surface area is 166 Å². The number of hydrogen-bond donors (Lipinski definition) is 3. The second-order valence-electron chi connectivity index (χ2n) is 7.28. The highest BCUT2D eigenvalue weighted by Crippen LogP contribution is 2.26. The molecule has 1 aliphatic rings. The summed E-state index contributed by atoms with van der Waals surface area (Å²) in [6, 6.07) is 13.3. The molecule has 3 rings (SSSR count). The number of hydrogen-bond acceptors (Lipinski definition) is 5. The standard InChI is InChI=1S/C22H29N3O3/c1-16(23-15-17-8-9-21(28-2)20(26)13-17)12-22(27)24-18-6-5-7-19(14-18)25-10-3-4-11-25/h5-9,13-14,16,23,26H,3-4,10-12,15H2,1-2H3,(H,24,27). The number of phenolic OH excluding ortho intramolecular Hbond substituents is 1. The molecule has 0 aromatic heterocycles. The number of nitrogens with zero attached hydrogens (tertiary/aromatic N) is 1. The van der Waals surface area contributed by atoms with E-state index in [1.807, 2.05) is 31.2 Å². The van der Waals surface area contributed by atoms with Crippen molar-refractivity contribution in [2.45, 2.75) is 38.8 Å². The van der Waals surface area contributed by atoms with Gasteiger partial charge in [0.2, 0.25) is 5.91 Å². The van der Waals surface area contributed by atoms with Gasteiger partial charge in [-0.3, -0.25) is 4.79 Å². The number of rotatable bonds is 8. The van der Waals surface area contributed by atoms with Gasteiger partial charge in [-0.1, -0.05) is 12.1 Å². The number of carbonyl (C=O) groups is 1. The fourth-order valence-electron chi connectivity index (χ4n) is 3.46. The van der Waals surface area contributed by atoms with Crippen molar-refractivity contribution in [2.75, 3.05) is 30.4 Å². The molecular formula is C22H29N3O3. The number of aromatic hydroxyl groups is 1. The topological polar surface area (TPSA) is 73.8 Å². The van der Waals surface area contributed by atoms with E-state index in [4.69, 9.17) is 4.74 Å². The van der Waals surface area contributed by atoms with E-state index in [0.29, 0.717) is 18.7 Å². The van der Waals surface area contributed by atoms with Crippen LogP contribution in [0.25, 0.3) is 0 Å². The maximum atomic E-state index is 12.4. The molecular weight excluding hydrogens is 354 g/mol. The first kappa shape index (κ1) is 20.0. The Kier molecular flexibility index (Phi) is 6.76. The van der Waals surface area contributed by atoms with Crippen molar-refractivity contribution in [3.05, 3.63) is 48.0 Å². The van der Waals surface area contributed by atoms with E-state index in [1.54, 1.807) is 12.1 Å². The Hall–Kier alpha value is -2.73. The van der Waals surface area contributed by atoms with E-state index in [2.05, 4.69) is 21.6 Å². The van der Waals surface area contributed by atoms with Gasteiger partial charge in [-0.05, 0) is 55.7 Å². The van der Waals surface area contributed by atoms with Gasteiger partial charge >= 0.3 is 0 Å². The molecule has 1 unspecified atom stereocenters. The van der Waals surface area contributed by atoms with Crippen molar-refractivity contribution in [2.24, 2.45) is 0 Å². The molecule has 2 aromatic carbocycles. The lowest BCUT2D eigenvalue weighted by molar-refractivity contribution is -0.116. The van der Waals surface area contributed by atoms with Crippen LogP contribution < -0.4 is 20.3 Å². The van der Waals surface area contributed by atoms with Crippen molar-refractivity contribution in [1.29, 1.82) is 0 Å². The molecule has 6 nitrogen and oxygen atoms in total. The highest BCUT2D eigenvalue weighted by Gasteiger charge is 2.14. The van der Waals surface area contributed by atoms with Gasteiger partial charge in [-0.25, -0.2) is 0 Å². The van der Waals surface area contributed by atoms with E-state index in [0.717, 1.165) is 24.3 Å². The van der Waals surface area contributed by atoms with Gasteiger partial charge < -0.3 is 25.4 Å². The zero-order valence-electron chi connectivity index (χ0n) is 16.6. The van der Waals surface area contributed by atoms with Gasteiger partial charge in [0.25, 0.3) is 0 Å². The molecule has 1 atom stereocenters. The number of ether oxygens (including phenoxy) is 1. The summed E-state index contributed by atoms with van der Waals surface area (Å²) in [7, 11) is 1.52. The average molecular weight is 383 g/mol. The number of amides is 1. The summed E-state index contributed by atoms with van der Waals surface area (Å²) in [5.41, 5.74) is 2.94. The van der Waals surface area contributed by atoms with Crippen molar-refractivity contribution >= 4 is 17.3 Å². The van der Waals surface area contributed by atoms with E-state index >= 15 is 0 Å². The van der Waals surface area contributed by atoms with Crippen molar-refractivity contribution < 1.29 is 14.6 Å². The average Bonchev–Trinajstić information content (AvgIpc) is 3.21. The summed E-state index contributed by atoms with van der Waals surface area (Å²) < 4.78 is 5.05. The first-order chi connectivity index (χ1) is 13.5. The Morgan fingerprint density at radius 1 is 1.21 bits per heavy atom. The van der Waals surface area contributed by atoms with E-state index < -0.39 is 0 Å². The van der Waals surface area contributed by atoms with Gasteiger partial charge in [0, 0.05) is 43.5 Å². The fourth-order valence-corrected chi connectivity index (χ4v) is 3.46. The SMILES string of the molecule is COc1ccc(CNC(C)CC(=O)Nc2cccc(N3CCCC3)c2)cc1O. The second-order valence-corrected chi connectivity index (χ2v) is 7.28. The van der Waals surface area contributed by atoms with Crippen LogP contribution in [0.4, 0.5) is 11.4 Å². The summed E-state index contributed by atoms with van der Waals surface area (Å²) in [6.45, 7) is 4.71. The molecule has 6 heteroatoms. The lowest BCUT2D eigenvalue weighted by Crippen LogP contribution is -2.30. The van der Waals surface area contributed by atoms with Crippen LogP contribution in [-0.4, -0.2) is 37.3 Å². The van der Waals surface area contributed by atoms with Gasteiger partial charge in [0.1, 0.15) is 0 Å². The predicted octanol–water partition coefficient (Wildman–Crippen LogP) is 3.51. The maximum Gasteiger partial charge on any atom is 0.225 e. The summed E-state index contributed by atoms with van der Waals surface area (Å²) in [5.74, 6) is 0.550. The van der Waals surface area contributed by atoms with E-state index in [1.165, 1.54) is 25.6 Å². The van der Waals surface area contributed by atoms with Gasteiger partial charge in [-0.2, -0.15) is 0 Å². The Morgan fingerprint density at radius 3 is 2.71 bits per heavy atom. The molecule has 0 aliphatic carbocycles. The molecule has 28 heavy (non-hydrogen) atoms. The summed E-state index contributed by atoms with van der Waals surface area (Å²) in [4.78, 5) is 14.7. The second kappa shape index (κ2) is 9.46. The summed E-state index contributed by atoms with van der Waals surface area (Å²) in [5, 5.41) is 16.2. The number of carbonyl (C=O) groups excluding carboxylic acids is 1. The minimum atomic E-state index is -0.0175. The number of anilines is 2. The first-order valence-electron chi connectivity index (χ1n) is 9.79. The van der Waals surface area contributed by atoms with Gasteiger partial charge in [0.05, 0.1) is 7.11 Å². The minimum Gasteiger partial charge on any atom is -0.504 e. The van der Waals surface area contributed by atoms with E-state index in [9.17, 15) is 9.90 Å². The molecule has 0 saturated carbocycles. The zero-order valence-corrected chi connectivity index (χ0v) is 16.6. The molecule has 2 aromatic rings. The van der Waals surface area contributed by atoms with Crippen LogP contribution in [-0.2, 0) is 11.3 Å². The van der Waals surface area contributed by atoms with Crippen LogP contribution in [0.15, 0.2) is 42.5 Å².